The molecule has 0 saturated carbocycles. The number of guanidine groups is 1. The maximum Gasteiger partial charge on any atom is 0.300 e. The van der Waals surface area contributed by atoms with E-state index in [-0.39, 0.29) is 101 Å². The lowest BCUT2D eigenvalue weighted by molar-refractivity contribution is -0.142. The number of benzene rings is 3. The van der Waals surface area contributed by atoms with Gasteiger partial charge in [0.2, 0.25) is 65.0 Å². The molecule has 11 amide bonds. The summed E-state index contributed by atoms with van der Waals surface area (Å²) in [5, 5.41) is 53.9. The average molecular weight is 1370 g/mol. The Bertz CT molecular complexity index is 3860. The number of aromatic amines is 3. The number of hydrogen-bond acceptors (Lipinski definition) is 16. The number of nitrogens with two attached hydrogens (primary N) is 3. The van der Waals surface area contributed by atoms with Crippen LogP contribution in [-0.4, -0.2) is 198 Å². The van der Waals surface area contributed by atoms with Gasteiger partial charge in [0, 0.05) is 98.2 Å². The molecule has 2 fully saturated rings. The standard InChI is InChI=1S/C64H82N18O13.C2H4O2/c1-34(2)23-46(56(88)75-45(13-7-21-69-64(66)67)63(95)82-22-8-14-52(82)62(94)72-31-53(65)85)76-58(90)48(25-36-28-70-42-11-5-3-9-40(36)42)78-57(89)47(24-35-15-17-39(84)18-16-35)77-61(93)51(32-83)81-59(91)49(26-37-29-71-43-12-6-4-10-41(37)43)79-60(92)50(27-38-30-68-33-73-38)80-55(87)44-19-20-54(86)74-44;1-2(3)4/h3-6,9-12,15-18,28-30,33-34,44-52,70-71,83-84H,7-8,13-14,19-27,31-32H2,1-2H3,(H2,65,85)(H,68,73)(H,72,94)(H,74,86)(H,75,88)(H,76,90)(H,77,93)(H,78,89)(H,79,92)(H,80,87)(H,81,91)(H4,66,67,69);1H3,(H,3,4)/t44-,45-,46-,47-,48+,49-,50+,51-,52-;/m0./s1. The van der Waals surface area contributed by atoms with Crippen molar-refractivity contribution in [3.8, 4) is 5.75 Å². The maximum absolute atomic E-state index is 15.1. The lowest BCUT2D eigenvalue weighted by atomic mass is 9.99. The Kier molecular flexibility index (Phi) is 27.4. The van der Waals surface area contributed by atoms with E-state index in [1.54, 1.807) is 74.8 Å². The Morgan fingerprint density at radius 3 is 1.68 bits per heavy atom. The molecule has 33 nitrogen and oxygen atoms in total. The first kappa shape index (κ1) is 75.0. The van der Waals surface area contributed by atoms with Gasteiger partial charge in [-0.05, 0) is 85.4 Å². The number of aliphatic hydroxyl groups is 1. The Hall–Kier alpha value is -11.4. The number of H-pyrrole nitrogens is 3. The predicted octanol–water partition coefficient (Wildman–Crippen LogP) is -2.20. The van der Waals surface area contributed by atoms with E-state index < -0.39 is 133 Å². The third-order valence-corrected chi connectivity index (χ3v) is 16.4. The molecule has 33 heteroatoms. The number of nitrogens with one attached hydrogen (secondary N) is 12. The number of aliphatic carboxylic acids is 1. The van der Waals surface area contributed by atoms with Crippen LogP contribution in [0.1, 0.15) is 88.1 Å². The zero-order valence-electron chi connectivity index (χ0n) is 54.9. The van der Waals surface area contributed by atoms with Crippen molar-refractivity contribution in [1.82, 2.24) is 72.7 Å². The molecule has 9 atom stereocenters. The number of likely N-dealkylation sites (tertiary alicyclic amines) is 1. The van der Waals surface area contributed by atoms with Gasteiger partial charge in [0.1, 0.15) is 60.1 Å². The quantitative estimate of drug-likeness (QED) is 0.0118. The number of phenolic OH excluding ortho intramolecular Hbond substituents is 1. The highest BCUT2D eigenvalue weighted by atomic mass is 16.4. The van der Waals surface area contributed by atoms with E-state index in [1.165, 1.54) is 41.7 Å². The summed E-state index contributed by atoms with van der Waals surface area (Å²) in [7, 11) is 0. The number of amides is 11. The fourth-order valence-electron chi connectivity index (χ4n) is 11.5. The number of imidazole rings is 1. The largest absolute Gasteiger partial charge is 0.508 e. The van der Waals surface area contributed by atoms with Crippen molar-refractivity contribution >= 4 is 98.7 Å². The number of para-hydroxylation sites is 2. The number of aliphatic hydroxyl groups excluding tert-OH is 1. The summed E-state index contributed by atoms with van der Waals surface area (Å²) in [5.41, 5.74) is 19.8. The van der Waals surface area contributed by atoms with Crippen LogP contribution in [0, 0.1) is 5.92 Å². The molecule has 0 spiro atoms. The van der Waals surface area contributed by atoms with Gasteiger partial charge < -0.3 is 100 Å². The van der Waals surface area contributed by atoms with Crippen LogP contribution in [0.5, 0.6) is 5.75 Å². The van der Waals surface area contributed by atoms with Gasteiger partial charge in [-0.25, -0.2) is 4.98 Å². The Labute approximate surface area is 568 Å². The lowest BCUT2D eigenvalue weighted by Crippen LogP contribution is -2.61. The number of carbonyl (C=O) groups excluding carboxylic acids is 11. The topological polar surface area (TPSA) is 528 Å². The first-order valence-corrected chi connectivity index (χ1v) is 32.3. The molecule has 6 aromatic rings. The first-order chi connectivity index (χ1) is 47.3. The summed E-state index contributed by atoms with van der Waals surface area (Å²) in [4.78, 5) is 181. The Morgan fingerprint density at radius 1 is 0.646 bits per heavy atom. The second-order valence-corrected chi connectivity index (χ2v) is 24.5. The maximum atomic E-state index is 15.1. The SMILES string of the molecule is CC(=O)O.CC(C)C[C@H](NC(=O)[C@@H](Cc1c[nH]c2ccccc12)NC(=O)[C@H](Cc1ccc(O)cc1)NC(=O)[C@H](CO)NC(=O)[C@H](Cc1c[nH]c2ccccc12)NC(=O)[C@@H](Cc1cnc[nH]1)NC(=O)[C@@H]1CCC(=O)N1)C(=O)N[C@@H](CCCN=C(N)N)C(=O)N1CCC[C@H]1C(=O)NCC(N)=O. The van der Waals surface area contributed by atoms with Crippen LogP contribution >= 0.6 is 0 Å². The van der Waals surface area contributed by atoms with Crippen LogP contribution in [-0.2, 0) is 83.2 Å². The van der Waals surface area contributed by atoms with Crippen LogP contribution in [0.2, 0.25) is 0 Å². The second-order valence-electron chi connectivity index (χ2n) is 24.5. The summed E-state index contributed by atoms with van der Waals surface area (Å²) in [6.07, 6.45) is 6.51. The van der Waals surface area contributed by atoms with Crippen molar-refractivity contribution < 1.29 is 72.9 Å². The molecule has 0 bridgehead atoms. The molecule has 2 aliphatic heterocycles. The second kappa shape index (κ2) is 36.1. The number of carbonyl (C=O) groups is 12. The molecule has 3 aromatic heterocycles. The summed E-state index contributed by atoms with van der Waals surface area (Å²) in [6, 6.07) is 7.78. The van der Waals surface area contributed by atoms with Crippen molar-refractivity contribution in [1.29, 1.82) is 0 Å². The molecule has 8 rings (SSSR count). The van der Waals surface area contributed by atoms with Gasteiger partial charge in [0.05, 0.1) is 19.5 Å². The smallest absolute Gasteiger partial charge is 0.300 e. The summed E-state index contributed by atoms with van der Waals surface area (Å²) in [6.45, 7) is 3.41. The van der Waals surface area contributed by atoms with Crippen LogP contribution in [0.15, 0.2) is 103 Å². The Balaban J connectivity index is 0.00000335. The molecule has 530 valence electrons. The van der Waals surface area contributed by atoms with Crippen molar-refractivity contribution in [3.63, 3.8) is 0 Å². The summed E-state index contributed by atoms with van der Waals surface area (Å²) >= 11 is 0. The van der Waals surface area contributed by atoms with E-state index in [2.05, 4.69) is 72.8 Å². The van der Waals surface area contributed by atoms with Gasteiger partial charge in [-0.2, -0.15) is 0 Å². The number of nitrogens with zero attached hydrogens (tertiary/aromatic N) is 3. The van der Waals surface area contributed by atoms with Crippen molar-refractivity contribution in [2.24, 2.45) is 28.1 Å². The lowest BCUT2D eigenvalue weighted by Gasteiger charge is -2.30. The average Bonchev–Trinajstić information content (AvgIpc) is 1.77. The number of aliphatic imine (C=N–C) groups is 1. The molecular formula is C66H86N18O15. The molecule has 0 unspecified atom stereocenters. The van der Waals surface area contributed by atoms with Crippen LogP contribution in [0.3, 0.4) is 0 Å². The van der Waals surface area contributed by atoms with Gasteiger partial charge in [0.15, 0.2) is 5.96 Å². The third-order valence-electron chi connectivity index (χ3n) is 16.4. The highest BCUT2D eigenvalue weighted by molar-refractivity contribution is 6.00. The zero-order chi connectivity index (χ0) is 71.9. The zero-order valence-corrected chi connectivity index (χ0v) is 54.9. The number of carboxylic acid groups (broad SMARTS) is 1. The minimum absolute atomic E-state index is 0.00905. The molecule has 0 aliphatic carbocycles. The van der Waals surface area contributed by atoms with E-state index in [4.69, 9.17) is 27.1 Å². The molecule has 99 heavy (non-hydrogen) atoms. The summed E-state index contributed by atoms with van der Waals surface area (Å²) in [5.74, 6) is -9.88. The number of carboxylic acids is 1. The summed E-state index contributed by atoms with van der Waals surface area (Å²) < 4.78 is 0. The molecule has 3 aromatic carbocycles. The molecule has 0 radical (unpaired) electrons. The van der Waals surface area contributed by atoms with Crippen molar-refractivity contribution in [2.45, 2.75) is 146 Å². The van der Waals surface area contributed by atoms with Gasteiger partial charge in [-0.15, -0.1) is 0 Å². The number of phenols is 1. The minimum atomic E-state index is -1.80. The van der Waals surface area contributed by atoms with Crippen LogP contribution in [0.25, 0.3) is 21.8 Å². The predicted molar refractivity (Wildman–Crippen MR) is 359 cm³/mol. The van der Waals surface area contributed by atoms with E-state index in [0.29, 0.717) is 50.6 Å². The molecule has 5 heterocycles. The van der Waals surface area contributed by atoms with E-state index in [1.807, 2.05) is 0 Å². The highest BCUT2D eigenvalue weighted by Gasteiger charge is 2.40. The van der Waals surface area contributed by atoms with Crippen molar-refractivity contribution in [3.05, 3.63) is 120 Å². The number of aromatic hydroxyl groups is 1. The van der Waals surface area contributed by atoms with Crippen LogP contribution < -0.4 is 65.1 Å². The number of fused-ring (bicyclic) bond motifs is 2. The van der Waals surface area contributed by atoms with Gasteiger partial charge in [-0.3, -0.25) is 62.5 Å². The monoisotopic (exact) mass is 1370 g/mol. The number of primary amides is 1. The van der Waals surface area contributed by atoms with E-state index in [0.717, 1.165) is 6.92 Å². The molecule has 2 aliphatic rings. The fraction of sp³-hybridized carbons (Fsp3) is 0.424. The third kappa shape index (κ3) is 22.3. The number of hydrogen-bond donors (Lipinski definition) is 18. The number of aromatic nitrogens is 4. The van der Waals surface area contributed by atoms with E-state index in [9.17, 15) is 53.4 Å². The minimum Gasteiger partial charge on any atom is -0.508 e. The van der Waals surface area contributed by atoms with Gasteiger partial charge in [0.25, 0.3) is 5.97 Å². The van der Waals surface area contributed by atoms with Crippen LogP contribution in [0.4, 0.5) is 0 Å². The highest BCUT2D eigenvalue weighted by Crippen LogP contribution is 2.24. The molecular weight excluding hydrogens is 1280 g/mol. The first-order valence-electron chi connectivity index (χ1n) is 32.3. The molecule has 2 saturated heterocycles. The molecule has 21 N–H and O–H groups in total. The Morgan fingerprint density at radius 2 is 1.16 bits per heavy atom. The van der Waals surface area contributed by atoms with E-state index >= 15 is 9.59 Å². The normalized spacial score (nSPS) is 16.2. The van der Waals surface area contributed by atoms with Gasteiger partial charge >= 0.3 is 0 Å². The fourth-order valence-corrected chi connectivity index (χ4v) is 11.5. The number of rotatable bonds is 33. The van der Waals surface area contributed by atoms with Gasteiger partial charge in [-0.1, -0.05) is 62.4 Å². The van der Waals surface area contributed by atoms with Crippen molar-refractivity contribution in [2.75, 3.05) is 26.2 Å².